The standard InChI is InChI=1S/C21H22BN3O3/c23-11-14-1-3-15(4-2-14)13-27-19-7-6-17(16-5-8-20(24)25-12-16)18-9-10-22(26)28-21(18)19/h1-8,12,26H,9-11,13,23H2,(H2,24,25). The highest BCUT2D eigenvalue weighted by molar-refractivity contribution is 6.44. The summed E-state index contributed by atoms with van der Waals surface area (Å²) in [6, 6.07) is 15.6. The van der Waals surface area contributed by atoms with Crippen LogP contribution in [0, 0.1) is 0 Å². The van der Waals surface area contributed by atoms with Crippen molar-refractivity contribution in [1.82, 2.24) is 4.98 Å². The van der Waals surface area contributed by atoms with Crippen LogP contribution in [0.5, 0.6) is 11.5 Å². The lowest BCUT2D eigenvalue weighted by Crippen LogP contribution is -2.27. The Bertz CT molecular complexity index is 962. The Labute approximate surface area is 164 Å². The fraction of sp³-hybridized carbons (Fsp3) is 0.190. The van der Waals surface area contributed by atoms with Crippen molar-refractivity contribution < 1.29 is 14.4 Å². The van der Waals surface area contributed by atoms with E-state index in [-0.39, 0.29) is 0 Å². The number of pyridine rings is 1. The average molecular weight is 375 g/mol. The normalized spacial score (nSPS) is 13.0. The molecule has 1 aromatic heterocycles. The molecule has 0 atom stereocenters. The van der Waals surface area contributed by atoms with Gasteiger partial charge < -0.3 is 25.9 Å². The Hall–Kier alpha value is -3.03. The molecule has 5 N–H and O–H groups in total. The van der Waals surface area contributed by atoms with Crippen LogP contribution in [0.4, 0.5) is 5.82 Å². The molecule has 142 valence electrons. The van der Waals surface area contributed by atoms with Crippen LogP contribution in [0.15, 0.2) is 54.7 Å². The molecule has 7 heteroatoms. The van der Waals surface area contributed by atoms with Gasteiger partial charge in [0.1, 0.15) is 18.2 Å². The van der Waals surface area contributed by atoms with Gasteiger partial charge in [-0.15, -0.1) is 0 Å². The van der Waals surface area contributed by atoms with Crippen molar-refractivity contribution >= 4 is 12.9 Å². The maximum Gasteiger partial charge on any atom is 0.522 e. The molecule has 0 unspecified atom stereocenters. The maximum absolute atomic E-state index is 10.0. The summed E-state index contributed by atoms with van der Waals surface area (Å²) in [4.78, 5) is 4.18. The minimum absolute atomic E-state index is 0.402. The minimum atomic E-state index is -0.835. The van der Waals surface area contributed by atoms with Gasteiger partial charge in [0.15, 0.2) is 5.75 Å². The SMILES string of the molecule is NCc1ccc(COc2ccc(-c3ccc(N)nc3)c3c2OB(O)CC3)cc1. The lowest BCUT2D eigenvalue weighted by molar-refractivity contribution is 0.288. The second-order valence-corrected chi connectivity index (χ2v) is 6.81. The third-order valence-electron chi connectivity index (χ3n) is 4.87. The van der Waals surface area contributed by atoms with E-state index < -0.39 is 7.12 Å². The molecule has 1 aliphatic heterocycles. The van der Waals surface area contributed by atoms with Gasteiger partial charge >= 0.3 is 7.12 Å². The molecule has 4 rings (SSSR count). The summed E-state index contributed by atoms with van der Waals surface area (Å²) in [5.74, 6) is 1.68. The van der Waals surface area contributed by atoms with Crippen LogP contribution in [-0.2, 0) is 19.6 Å². The number of nitrogens with two attached hydrogens (primary N) is 2. The van der Waals surface area contributed by atoms with Gasteiger partial charge in [0.2, 0.25) is 0 Å². The number of hydrogen-bond donors (Lipinski definition) is 3. The molecule has 0 radical (unpaired) electrons. The van der Waals surface area contributed by atoms with Gasteiger partial charge in [-0.2, -0.15) is 0 Å². The number of rotatable bonds is 5. The fourth-order valence-corrected chi connectivity index (χ4v) is 3.33. The van der Waals surface area contributed by atoms with Crippen LogP contribution in [-0.4, -0.2) is 17.1 Å². The zero-order valence-electron chi connectivity index (χ0n) is 15.5. The molecule has 1 aliphatic rings. The number of benzene rings is 2. The molecule has 0 saturated heterocycles. The third kappa shape index (κ3) is 3.81. The predicted octanol–water partition coefficient (Wildman–Crippen LogP) is 2.78. The topological polar surface area (TPSA) is 104 Å². The molecular formula is C21H22BN3O3. The number of nitrogen functional groups attached to an aromatic ring is 1. The molecule has 0 aliphatic carbocycles. The largest absolute Gasteiger partial charge is 0.533 e. The zero-order chi connectivity index (χ0) is 19.5. The van der Waals surface area contributed by atoms with E-state index in [4.69, 9.17) is 20.9 Å². The Morgan fingerprint density at radius 3 is 2.57 bits per heavy atom. The van der Waals surface area contributed by atoms with Crippen molar-refractivity contribution in [2.75, 3.05) is 5.73 Å². The Morgan fingerprint density at radius 2 is 1.86 bits per heavy atom. The van der Waals surface area contributed by atoms with Gasteiger partial charge in [0.05, 0.1) is 0 Å². The molecule has 2 aromatic carbocycles. The third-order valence-corrected chi connectivity index (χ3v) is 4.87. The monoisotopic (exact) mass is 375 g/mol. The number of fused-ring (bicyclic) bond motifs is 1. The van der Waals surface area contributed by atoms with Crippen LogP contribution in [0.2, 0.25) is 6.32 Å². The summed E-state index contributed by atoms with van der Waals surface area (Å²) in [6.07, 6.45) is 2.97. The molecule has 28 heavy (non-hydrogen) atoms. The second-order valence-electron chi connectivity index (χ2n) is 6.81. The van der Waals surface area contributed by atoms with Gasteiger partial charge in [-0.05, 0) is 47.6 Å². The van der Waals surface area contributed by atoms with Crippen molar-refractivity contribution in [2.45, 2.75) is 25.9 Å². The Balaban J connectivity index is 1.63. The van der Waals surface area contributed by atoms with Crippen molar-refractivity contribution in [1.29, 1.82) is 0 Å². The van der Waals surface area contributed by atoms with Gasteiger partial charge in [-0.1, -0.05) is 30.3 Å². The Kier molecular flexibility index (Phi) is 5.19. The van der Waals surface area contributed by atoms with Gasteiger partial charge in [0.25, 0.3) is 0 Å². The average Bonchev–Trinajstić information content (AvgIpc) is 2.73. The smallest absolute Gasteiger partial charge is 0.522 e. The van der Waals surface area contributed by atoms with E-state index in [9.17, 15) is 5.02 Å². The van der Waals surface area contributed by atoms with Crippen LogP contribution in [0.3, 0.4) is 0 Å². The van der Waals surface area contributed by atoms with Crippen LogP contribution >= 0.6 is 0 Å². The van der Waals surface area contributed by atoms with E-state index >= 15 is 0 Å². The van der Waals surface area contributed by atoms with Crippen molar-refractivity contribution in [3.05, 3.63) is 71.4 Å². The van der Waals surface area contributed by atoms with Crippen LogP contribution in [0.25, 0.3) is 11.1 Å². The van der Waals surface area contributed by atoms with Crippen molar-refractivity contribution in [2.24, 2.45) is 5.73 Å². The lowest BCUT2D eigenvalue weighted by atomic mass is 9.77. The van der Waals surface area contributed by atoms with Gasteiger partial charge in [-0.3, -0.25) is 0 Å². The van der Waals surface area contributed by atoms with Crippen molar-refractivity contribution in [3.8, 4) is 22.6 Å². The summed E-state index contributed by atoms with van der Waals surface area (Å²) in [5, 5.41) is 10.0. The van der Waals surface area contributed by atoms with Gasteiger partial charge in [0, 0.05) is 23.9 Å². The van der Waals surface area contributed by atoms with E-state index in [0.717, 1.165) is 27.8 Å². The van der Waals surface area contributed by atoms with E-state index in [2.05, 4.69) is 4.98 Å². The molecule has 0 saturated carbocycles. The summed E-state index contributed by atoms with van der Waals surface area (Å²) < 4.78 is 11.8. The summed E-state index contributed by atoms with van der Waals surface area (Å²) in [7, 11) is -0.835. The zero-order valence-corrected chi connectivity index (χ0v) is 15.5. The molecule has 0 amide bonds. The number of anilines is 1. The van der Waals surface area contributed by atoms with E-state index in [0.29, 0.717) is 43.2 Å². The van der Waals surface area contributed by atoms with Crippen molar-refractivity contribution in [3.63, 3.8) is 0 Å². The van der Waals surface area contributed by atoms with Crippen LogP contribution < -0.4 is 20.9 Å². The fourth-order valence-electron chi connectivity index (χ4n) is 3.33. The molecule has 0 bridgehead atoms. The first-order valence-electron chi connectivity index (χ1n) is 9.27. The molecule has 6 nitrogen and oxygen atoms in total. The van der Waals surface area contributed by atoms with Crippen LogP contribution in [0.1, 0.15) is 16.7 Å². The Morgan fingerprint density at radius 1 is 1.07 bits per heavy atom. The molecular weight excluding hydrogens is 353 g/mol. The molecule has 2 heterocycles. The molecule has 0 spiro atoms. The quantitative estimate of drug-likeness (QED) is 0.593. The lowest BCUT2D eigenvalue weighted by Gasteiger charge is -2.25. The second kappa shape index (κ2) is 7.92. The number of hydrogen-bond acceptors (Lipinski definition) is 6. The summed E-state index contributed by atoms with van der Waals surface area (Å²) in [6.45, 7) is 0.918. The first-order chi connectivity index (χ1) is 13.6. The molecule has 0 fully saturated rings. The predicted molar refractivity (Wildman–Crippen MR) is 110 cm³/mol. The highest BCUT2D eigenvalue weighted by Gasteiger charge is 2.28. The minimum Gasteiger partial charge on any atom is -0.533 e. The first kappa shape index (κ1) is 18.3. The molecule has 3 aromatic rings. The highest BCUT2D eigenvalue weighted by atomic mass is 16.5. The number of aromatic nitrogens is 1. The first-order valence-corrected chi connectivity index (χ1v) is 9.27. The summed E-state index contributed by atoms with van der Waals surface area (Å²) in [5.41, 5.74) is 16.4. The highest BCUT2D eigenvalue weighted by Crippen LogP contribution is 2.42. The maximum atomic E-state index is 10.0. The number of ether oxygens (including phenoxy) is 1. The van der Waals surface area contributed by atoms with E-state index in [1.54, 1.807) is 12.3 Å². The van der Waals surface area contributed by atoms with Gasteiger partial charge in [-0.25, -0.2) is 4.98 Å². The van der Waals surface area contributed by atoms with E-state index in [1.807, 2.05) is 42.5 Å². The van der Waals surface area contributed by atoms with E-state index in [1.165, 1.54) is 0 Å². The number of nitrogens with zero attached hydrogens (tertiary/aromatic N) is 1. The summed E-state index contributed by atoms with van der Waals surface area (Å²) >= 11 is 0.